The highest BCUT2D eigenvalue weighted by Gasteiger charge is 2.27. The van der Waals surface area contributed by atoms with Crippen LogP contribution >= 0.6 is 11.6 Å². The fraction of sp³-hybridized carbons (Fsp3) is 0.192. The molecule has 0 spiro atoms. The molecule has 3 amide bonds. The Hall–Kier alpha value is -3.91. The van der Waals surface area contributed by atoms with Crippen molar-refractivity contribution >= 4 is 40.7 Å². The minimum absolute atomic E-state index is 0.0588. The number of hydrogen-bond acceptors (Lipinski definition) is 4. The molecule has 0 radical (unpaired) electrons. The van der Waals surface area contributed by atoms with Crippen LogP contribution in [0.25, 0.3) is 0 Å². The maximum Gasteiger partial charge on any atom is 0.264 e. The predicted molar refractivity (Wildman–Crippen MR) is 131 cm³/mol. The van der Waals surface area contributed by atoms with Gasteiger partial charge in [-0.05, 0) is 54.1 Å². The van der Waals surface area contributed by atoms with Crippen molar-refractivity contribution in [3.63, 3.8) is 0 Å². The van der Waals surface area contributed by atoms with E-state index in [1.54, 1.807) is 50.2 Å². The molecular formula is C26H23ClFN3O4. The smallest absolute Gasteiger partial charge is 0.264 e. The Balaban J connectivity index is 1.52. The number of hydrogen-bond donors (Lipinski definition) is 2. The number of benzene rings is 3. The van der Waals surface area contributed by atoms with Gasteiger partial charge in [0.05, 0.1) is 21.8 Å². The lowest BCUT2D eigenvalue weighted by atomic mass is 10.1. The summed E-state index contributed by atoms with van der Waals surface area (Å²) in [5, 5.41) is 5.79. The van der Waals surface area contributed by atoms with Crippen molar-refractivity contribution in [2.24, 2.45) is 5.92 Å². The van der Waals surface area contributed by atoms with E-state index in [0.29, 0.717) is 22.7 Å². The van der Waals surface area contributed by atoms with Crippen molar-refractivity contribution in [2.75, 3.05) is 16.9 Å². The third-order valence-electron chi connectivity index (χ3n) is 5.45. The van der Waals surface area contributed by atoms with Gasteiger partial charge in [-0.15, -0.1) is 0 Å². The number of nitrogens with one attached hydrogen (secondary N) is 2. The van der Waals surface area contributed by atoms with Crippen LogP contribution in [0, 0.1) is 11.7 Å². The van der Waals surface area contributed by atoms with Gasteiger partial charge < -0.3 is 15.4 Å². The molecular weight excluding hydrogens is 473 g/mol. The first-order chi connectivity index (χ1) is 16.7. The molecule has 9 heteroatoms. The molecule has 3 aromatic rings. The van der Waals surface area contributed by atoms with Crippen LogP contribution in [0.3, 0.4) is 0 Å². The van der Waals surface area contributed by atoms with E-state index in [1.165, 1.54) is 29.2 Å². The summed E-state index contributed by atoms with van der Waals surface area (Å²) in [6.07, 6.45) is 0. The van der Waals surface area contributed by atoms with Gasteiger partial charge in [-0.3, -0.25) is 19.3 Å². The van der Waals surface area contributed by atoms with Crippen LogP contribution in [0.15, 0.2) is 60.7 Å². The van der Waals surface area contributed by atoms with Crippen molar-refractivity contribution in [1.82, 2.24) is 5.32 Å². The molecule has 1 aliphatic rings. The third kappa shape index (κ3) is 5.44. The molecule has 1 heterocycles. The van der Waals surface area contributed by atoms with Crippen LogP contribution in [-0.2, 0) is 11.3 Å². The molecule has 7 nitrogen and oxygen atoms in total. The number of carbonyl (C=O) groups is 3. The first kappa shape index (κ1) is 24.2. The zero-order valence-electron chi connectivity index (χ0n) is 19.1. The Labute approximate surface area is 206 Å². The summed E-state index contributed by atoms with van der Waals surface area (Å²) in [5.41, 5.74) is 1.90. The molecule has 35 heavy (non-hydrogen) atoms. The first-order valence-corrected chi connectivity index (χ1v) is 11.3. The van der Waals surface area contributed by atoms with Crippen molar-refractivity contribution in [1.29, 1.82) is 0 Å². The molecule has 4 rings (SSSR count). The van der Waals surface area contributed by atoms with E-state index in [4.69, 9.17) is 16.3 Å². The van der Waals surface area contributed by atoms with Gasteiger partial charge in [0.2, 0.25) is 5.91 Å². The summed E-state index contributed by atoms with van der Waals surface area (Å²) in [6.45, 7) is 3.79. The Morgan fingerprint density at radius 1 is 1.11 bits per heavy atom. The fourth-order valence-electron chi connectivity index (χ4n) is 3.52. The minimum atomic E-state index is -0.474. The highest BCUT2D eigenvalue weighted by atomic mass is 35.5. The highest BCUT2D eigenvalue weighted by molar-refractivity contribution is 6.34. The van der Waals surface area contributed by atoms with Gasteiger partial charge in [0.15, 0.2) is 6.73 Å². The third-order valence-corrected chi connectivity index (χ3v) is 5.78. The zero-order chi connectivity index (χ0) is 25.1. The van der Waals surface area contributed by atoms with Crippen LogP contribution in [0.5, 0.6) is 5.75 Å². The summed E-state index contributed by atoms with van der Waals surface area (Å²) >= 11 is 6.25. The Morgan fingerprint density at radius 2 is 1.91 bits per heavy atom. The number of amides is 3. The molecule has 0 aliphatic carbocycles. The average Bonchev–Trinajstić information content (AvgIpc) is 2.83. The zero-order valence-corrected chi connectivity index (χ0v) is 19.9. The van der Waals surface area contributed by atoms with Gasteiger partial charge in [0.25, 0.3) is 11.8 Å². The molecule has 180 valence electrons. The van der Waals surface area contributed by atoms with Crippen LogP contribution in [0.2, 0.25) is 5.02 Å². The van der Waals surface area contributed by atoms with Crippen molar-refractivity contribution in [3.8, 4) is 5.75 Å². The number of halogens is 2. The van der Waals surface area contributed by atoms with Gasteiger partial charge in [0, 0.05) is 18.2 Å². The molecule has 0 atom stereocenters. The molecule has 1 aliphatic heterocycles. The monoisotopic (exact) mass is 495 g/mol. The van der Waals surface area contributed by atoms with E-state index < -0.39 is 11.7 Å². The largest absolute Gasteiger partial charge is 0.472 e. The summed E-state index contributed by atoms with van der Waals surface area (Å²) in [5.74, 6) is -1.21. The standard InChI is InChI=1S/C26H23ClFN3O4/c1-15(2)24(32)29-13-16-6-8-22(27)20(10-16)25(33)30-18-7-9-23-21(12-18)26(34)31(14-35-23)19-5-3-4-17(28)11-19/h3-12,15H,13-14H2,1-2H3,(H,29,32)(H,30,33). The Kier molecular flexibility index (Phi) is 7.02. The molecule has 0 saturated carbocycles. The summed E-state index contributed by atoms with van der Waals surface area (Å²) in [6, 6.07) is 15.3. The lowest BCUT2D eigenvalue weighted by Gasteiger charge is -2.29. The molecule has 0 unspecified atom stereocenters. The normalized spacial score (nSPS) is 12.7. The summed E-state index contributed by atoms with van der Waals surface area (Å²) in [7, 11) is 0. The molecule has 0 saturated heterocycles. The number of nitrogens with zero attached hydrogens (tertiary/aromatic N) is 1. The molecule has 0 aromatic heterocycles. The van der Waals surface area contributed by atoms with E-state index in [2.05, 4.69) is 10.6 Å². The lowest BCUT2D eigenvalue weighted by molar-refractivity contribution is -0.124. The maximum atomic E-state index is 13.6. The highest BCUT2D eigenvalue weighted by Crippen LogP contribution is 2.31. The number of carbonyl (C=O) groups excluding carboxylic acids is 3. The minimum Gasteiger partial charge on any atom is -0.472 e. The van der Waals surface area contributed by atoms with E-state index in [0.717, 1.165) is 0 Å². The second kappa shape index (κ2) is 10.1. The molecule has 3 aromatic carbocycles. The van der Waals surface area contributed by atoms with Crippen molar-refractivity contribution in [2.45, 2.75) is 20.4 Å². The van der Waals surface area contributed by atoms with E-state index >= 15 is 0 Å². The molecule has 0 bridgehead atoms. The van der Waals surface area contributed by atoms with Crippen LogP contribution in [0.1, 0.15) is 40.1 Å². The predicted octanol–water partition coefficient (Wildman–Crippen LogP) is 5.00. The second-order valence-corrected chi connectivity index (χ2v) is 8.75. The summed E-state index contributed by atoms with van der Waals surface area (Å²) in [4.78, 5) is 39.2. The van der Waals surface area contributed by atoms with Gasteiger partial charge in [-0.2, -0.15) is 0 Å². The van der Waals surface area contributed by atoms with Gasteiger partial charge in [-0.25, -0.2) is 4.39 Å². The fourth-order valence-corrected chi connectivity index (χ4v) is 3.73. The summed E-state index contributed by atoms with van der Waals surface area (Å²) < 4.78 is 19.3. The van der Waals surface area contributed by atoms with Crippen molar-refractivity contribution < 1.29 is 23.5 Å². The van der Waals surface area contributed by atoms with E-state index in [9.17, 15) is 18.8 Å². The SMILES string of the molecule is CC(C)C(=O)NCc1ccc(Cl)c(C(=O)Nc2ccc3c(c2)C(=O)N(c2cccc(F)c2)CO3)c1. The Bertz CT molecular complexity index is 1310. The topological polar surface area (TPSA) is 87.7 Å². The van der Waals surface area contributed by atoms with Crippen LogP contribution in [-0.4, -0.2) is 24.5 Å². The lowest BCUT2D eigenvalue weighted by Crippen LogP contribution is -2.38. The van der Waals surface area contributed by atoms with Gasteiger partial charge in [0.1, 0.15) is 11.6 Å². The number of rotatable bonds is 6. The van der Waals surface area contributed by atoms with Crippen LogP contribution in [0.4, 0.5) is 15.8 Å². The first-order valence-electron chi connectivity index (χ1n) is 10.9. The number of ether oxygens (including phenoxy) is 1. The quantitative estimate of drug-likeness (QED) is 0.503. The number of anilines is 2. The number of fused-ring (bicyclic) bond motifs is 1. The second-order valence-electron chi connectivity index (χ2n) is 8.34. The van der Waals surface area contributed by atoms with Gasteiger partial charge >= 0.3 is 0 Å². The van der Waals surface area contributed by atoms with Crippen molar-refractivity contribution in [3.05, 3.63) is 88.2 Å². The van der Waals surface area contributed by atoms with Gasteiger partial charge in [-0.1, -0.05) is 37.6 Å². The molecule has 2 N–H and O–H groups in total. The average molecular weight is 496 g/mol. The van der Waals surface area contributed by atoms with Crippen LogP contribution < -0.4 is 20.3 Å². The Morgan fingerprint density at radius 3 is 2.66 bits per heavy atom. The van der Waals surface area contributed by atoms with E-state index in [1.807, 2.05) is 0 Å². The maximum absolute atomic E-state index is 13.6. The van der Waals surface area contributed by atoms with E-state index in [-0.39, 0.29) is 47.2 Å². The molecule has 0 fully saturated rings.